The normalized spacial score (nSPS) is 13.0. The van der Waals surface area contributed by atoms with E-state index in [-0.39, 0.29) is 13.0 Å². The summed E-state index contributed by atoms with van der Waals surface area (Å²) in [6, 6.07) is 8.90. The molecule has 1 rings (SSSR count). The molecular formula is C18H25F3O2. The molecule has 0 saturated carbocycles. The second-order valence-corrected chi connectivity index (χ2v) is 5.69. The first-order chi connectivity index (χ1) is 11.0. The number of carbonyl (C=O) groups excluding carboxylic acids is 1. The van der Waals surface area contributed by atoms with Crippen LogP contribution in [0.2, 0.25) is 0 Å². The van der Waals surface area contributed by atoms with Crippen molar-refractivity contribution in [2.45, 2.75) is 70.3 Å². The van der Waals surface area contributed by atoms with Crippen LogP contribution in [0.25, 0.3) is 0 Å². The average molecular weight is 330 g/mol. The summed E-state index contributed by atoms with van der Waals surface area (Å²) in [5.41, 5.74) is 0.747. The van der Waals surface area contributed by atoms with Crippen molar-refractivity contribution in [3.63, 3.8) is 0 Å². The number of carbonyl (C=O) groups is 1. The van der Waals surface area contributed by atoms with Gasteiger partial charge in [-0.2, -0.15) is 13.2 Å². The Balaban J connectivity index is 2.23. The van der Waals surface area contributed by atoms with Crippen molar-refractivity contribution in [3.05, 3.63) is 35.9 Å². The highest BCUT2D eigenvalue weighted by molar-refractivity contribution is 5.48. The molecule has 0 saturated heterocycles. The minimum absolute atomic E-state index is 0.00463. The number of alkyl halides is 3. The smallest absolute Gasteiger partial charge is 0.364 e. The van der Waals surface area contributed by atoms with Gasteiger partial charge in [-0.1, -0.05) is 62.4 Å². The van der Waals surface area contributed by atoms with Crippen LogP contribution in [-0.4, -0.2) is 18.6 Å². The molecule has 0 fully saturated rings. The number of rotatable bonds is 12. The molecule has 23 heavy (non-hydrogen) atoms. The molecule has 1 atom stereocenters. The Kier molecular flexibility index (Phi) is 9.60. The summed E-state index contributed by atoms with van der Waals surface area (Å²) in [6.07, 6.45) is 0.441. The third kappa shape index (κ3) is 9.39. The second kappa shape index (κ2) is 11.2. The lowest BCUT2D eigenvalue weighted by Gasteiger charge is -2.21. The molecular weight excluding hydrogens is 305 g/mol. The van der Waals surface area contributed by atoms with E-state index in [9.17, 15) is 18.0 Å². The van der Waals surface area contributed by atoms with Gasteiger partial charge in [0.1, 0.15) is 6.29 Å². The standard InChI is InChI=1S/C18H25F3O2/c19-18(20,21)17(23-15-16-11-7-6-8-12-16)13-9-4-2-1-3-5-10-14-22/h6-8,11-12,14,17H,1-5,9-10,13,15H2/t17-/m0/s1. The van der Waals surface area contributed by atoms with Crippen LogP contribution in [0.3, 0.4) is 0 Å². The van der Waals surface area contributed by atoms with E-state index in [2.05, 4.69) is 0 Å². The van der Waals surface area contributed by atoms with Crippen molar-refractivity contribution in [2.24, 2.45) is 0 Å². The van der Waals surface area contributed by atoms with E-state index in [0.29, 0.717) is 12.8 Å². The largest absolute Gasteiger partial charge is 0.414 e. The highest BCUT2D eigenvalue weighted by atomic mass is 19.4. The number of halogens is 3. The van der Waals surface area contributed by atoms with E-state index in [1.54, 1.807) is 24.3 Å². The Hall–Kier alpha value is -1.36. The maximum absolute atomic E-state index is 13.0. The third-order valence-electron chi connectivity index (χ3n) is 3.70. The molecule has 1 aromatic rings. The van der Waals surface area contributed by atoms with Crippen molar-refractivity contribution in [2.75, 3.05) is 0 Å². The Morgan fingerprint density at radius 2 is 1.57 bits per heavy atom. The van der Waals surface area contributed by atoms with Crippen molar-refractivity contribution in [3.8, 4) is 0 Å². The molecule has 0 bridgehead atoms. The summed E-state index contributed by atoms with van der Waals surface area (Å²) < 4.78 is 44.0. The third-order valence-corrected chi connectivity index (χ3v) is 3.70. The topological polar surface area (TPSA) is 26.3 Å². The zero-order chi connectivity index (χ0) is 17.0. The van der Waals surface area contributed by atoms with Gasteiger partial charge in [0, 0.05) is 6.42 Å². The number of hydrogen-bond donors (Lipinski definition) is 0. The lowest BCUT2D eigenvalue weighted by Crippen LogP contribution is -2.31. The van der Waals surface area contributed by atoms with Crippen LogP contribution in [0.15, 0.2) is 30.3 Å². The van der Waals surface area contributed by atoms with E-state index >= 15 is 0 Å². The van der Waals surface area contributed by atoms with Crippen LogP contribution in [0, 0.1) is 0 Å². The van der Waals surface area contributed by atoms with Crippen LogP contribution in [0.5, 0.6) is 0 Å². The molecule has 0 aromatic heterocycles. The lowest BCUT2D eigenvalue weighted by molar-refractivity contribution is -0.225. The minimum Gasteiger partial charge on any atom is -0.364 e. The van der Waals surface area contributed by atoms with Gasteiger partial charge in [0.05, 0.1) is 6.61 Å². The summed E-state index contributed by atoms with van der Waals surface area (Å²) in [5, 5.41) is 0. The van der Waals surface area contributed by atoms with Gasteiger partial charge in [-0.3, -0.25) is 0 Å². The van der Waals surface area contributed by atoms with Crippen molar-refractivity contribution in [1.82, 2.24) is 0 Å². The number of ether oxygens (including phenoxy) is 1. The SMILES string of the molecule is O=CCCCCCCCC[C@H](OCc1ccccc1)C(F)(F)F. The monoisotopic (exact) mass is 330 g/mol. The molecule has 5 heteroatoms. The maximum Gasteiger partial charge on any atom is 0.414 e. The van der Waals surface area contributed by atoms with Gasteiger partial charge in [-0.05, 0) is 18.4 Å². The fraction of sp³-hybridized carbons (Fsp3) is 0.611. The Bertz CT molecular complexity index is 418. The Labute approximate surface area is 136 Å². The summed E-state index contributed by atoms with van der Waals surface area (Å²) in [7, 11) is 0. The molecule has 0 aliphatic rings. The molecule has 1 aromatic carbocycles. The molecule has 2 nitrogen and oxygen atoms in total. The molecule has 0 aliphatic heterocycles. The van der Waals surface area contributed by atoms with Gasteiger partial charge >= 0.3 is 6.18 Å². The van der Waals surface area contributed by atoms with Gasteiger partial charge in [-0.15, -0.1) is 0 Å². The van der Waals surface area contributed by atoms with Crippen LogP contribution < -0.4 is 0 Å². The van der Waals surface area contributed by atoms with Gasteiger partial charge in [0.15, 0.2) is 6.10 Å². The van der Waals surface area contributed by atoms with E-state index in [1.807, 2.05) is 6.07 Å². The minimum atomic E-state index is -4.32. The Morgan fingerprint density at radius 1 is 0.957 bits per heavy atom. The molecule has 0 N–H and O–H groups in total. The molecule has 0 radical (unpaired) electrons. The van der Waals surface area contributed by atoms with E-state index in [4.69, 9.17) is 4.74 Å². The fourth-order valence-electron chi connectivity index (χ4n) is 2.38. The van der Waals surface area contributed by atoms with Crippen LogP contribution in [0.1, 0.15) is 56.9 Å². The van der Waals surface area contributed by atoms with Crippen LogP contribution in [0.4, 0.5) is 13.2 Å². The van der Waals surface area contributed by atoms with E-state index < -0.39 is 12.3 Å². The number of aldehydes is 1. The molecule has 0 heterocycles. The number of hydrogen-bond acceptors (Lipinski definition) is 2. The first-order valence-electron chi connectivity index (χ1n) is 8.20. The number of benzene rings is 1. The van der Waals surface area contributed by atoms with Crippen molar-refractivity contribution < 1.29 is 22.7 Å². The number of unbranched alkanes of at least 4 members (excludes halogenated alkanes) is 6. The highest BCUT2D eigenvalue weighted by Crippen LogP contribution is 2.28. The van der Waals surface area contributed by atoms with Crippen LogP contribution in [-0.2, 0) is 16.1 Å². The van der Waals surface area contributed by atoms with Crippen molar-refractivity contribution in [1.29, 1.82) is 0 Å². The van der Waals surface area contributed by atoms with Crippen LogP contribution >= 0.6 is 0 Å². The maximum atomic E-state index is 13.0. The molecule has 130 valence electrons. The predicted octanol–water partition coefficient (Wildman–Crippen LogP) is 5.45. The average Bonchev–Trinajstić information content (AvgIpc) is 2.52. The van der Waals surface area contributed by atoms with E-state index in [1.165, 1.54) is 0 Å². The summed E-state index contributed by atoms with van der Waals surface area (Å²) >= 11 is 0. The summed E-state index contributed by atoms with van der Waals surface area (Å²) in [6.45, 7) is -0.0172. The van der Waals surface area contributed by atoms with Gasteiger partial charge in [0.25, 0.3) is 0 Å². The molecule has 0 aliphatic carbocycles. The van der Waals surface area contributed by atoms with Gasteiger partial charge < -0.3 is 9.53 Å². The lowest BCUT2D eigenvalue weighted by atomic mass is 10.1. The fourth-order valence-corrected chi connectivity index (χ4v) is 2.38. The molecule has 0 amide bonds. The summed E-state index contributed by atoms with van der Waals surface area (Å²) in [4.78, 5) is 10.2. The first kappa shape index (κ1) is 19.7. The van der Waals surface area contributed by atoms with Gasteiger partial charge in [-0.25, -0.2) is 0 Å². The summed E-state index contributed by atoms with van der Waals surface area (Å²) in [5.74, 6) is 0. The van der Waals surface area contributed by atoms with Gasteiger partial charge in [0.2, 0.25) is 0 Å². The Morgan fingerprint density at radius 3 is 2.17 bits per heavy atom. The van der Waals surface area contributed by atoms with Crippen molar-refractivity contribution >= 4 is 6.29 Å². The first-order valence-corrected chi connectivity index (χ1v) is 8.20. The quantitative estimate of drug-likeness (QED) is 0.376. The predicted molar refractivity (Wildman–Crippen MR) is 84.1 cm³/mol. The van der Waals surface area contributed by atoms with E-state index in [0.717, 1.165) is 44.0 Å². The highest BCUT2D eigenvalue weighted by Gasteiger charge is 2.39. The molecule has 0 spiro atoms. The second-order valence-electron chi connectivity index (χ2n) is 5.69. The zero-order valence-electron chi connectivity index (χ0n) is 13.4. The molecule has 0 unspecified atom stereocenters. The zero-order valence-corrected chi connectivity index (χ0v) is 13.4.